The summed E-state index contributed by atoms with van der Waals surface area (Å²) in [5, 5.41) is 5.87. The third-order valence-electron chi connectivity index (χ3n) is 5.41. The Kier molecular flexibility index (Phi) is 5.84. The smallest absolute Gasteiger partial charge is 0.255 e. The topological polar surface area (TPSA) is 100 Å². The molecule has 1 aliphatic rings. The van der Waals surface area contributed by atoms with E-state index < -0.39 is 0 Å². The summed E-state index contributed by atoms with van der Waals surface area (Å²) < 4.78 is 0. The van der Waals surface area contributed by atoms with E-state index >= 15 is 0 Å². The number of pyridine rings is 1. The molecule has 0 bridgehead atoms. The predicted molar refractivity (Wildman–Crippen MR) is 123 cm³/mol. The lowest BCUT2D eigenvalue weighted by atomic mass is 10.1. The van der Waals surface area contributed by atoms with Crippen molar-refractivity contribution < 1.29 is 9.59 Å². The second kappa shape index (κ2) is 8.87. The number of rotatable bonds is 5. The zero-order valence-electron chi connectivity index (χ0n) is 17.3. The fourth-order valence-electron chi connectivity index (χ4n) is 3.81. The lowest BCUT2D eigenvalue weighted by molar-refractivity contribution is -0.119. The minimum absolute atomic E-state index is 0.00820. The molecule has 2 aromatic carbocycles. The summed E-state index contributed by atoms with van der Waals surface area (Å²) in [4.78, 5) is 30.3. The first kappa shape index (κ1) is 20.4. The minimum Gasteiger partial charge on any atom is -0.397 e. The van der Waals surface area contributed by atoms with E-state index in [0.717, 1.165) is 36.3 Å². The standard InChI is InChI=1S/C24H25N5O2/c1-16(30)27-20-10-13-29(15-20)21-5-2-18(3-6-21)24(31)28-23-14-19(4-7-22(23)25)17-8-11-26-12-9-17/h2-9,11-12,14,20H,10,13,15,25H2,1H3,(H,27,30)(H,28,31). The highest BCUT2D eigenvalue weighted by Gasteiger charge is 2.23. The van der Waals surface area contributed by atoms with E-state index in [1.54, 1.807) is 30.6 Å². The molecule has 158 valence electrons. The number of nitrogens with zero attached hydrogens (tertiary/aromatic N) is 2. The SMILES string of the molecule is CC(=O)NC1CCN(c2ccc(C(=O)Nc3cc(-c4ccncc4)ccc3N)cc2)C1. The summed E-state index contributed by atoms with van der Waals surface area (Å²) in [7, 11) is 0. The van der Waals surface area contributed by atoms with E-state index in [0.29, 0.717) is 16.9 Å². The number of hydrogen-bond donors (Lipinski definition) is 3. The van der Waals surface area contributed by atoms with Crippen molar-refractivity contribution in [2.45, 2.75) is 19.4 Å². The molecule has 0 radical (unpaired) electrons. The average Bonchev–Trinajstić information content (AvgIpc) is 3.23. The number of hydrogen-bond acceptors (Lipinski definition) is 5. The first-order valence-electron chi connectivity index (χ1n) is 10.2. The van der Waals surface area contributed by atoms with Gasteiger partial charge in [-0.1, -0.05) is 6.07 Å². The molecule has 0 saturated carbocycles. The van der Waals surface area contributed by atoms with Crippen LogP contribution < -0.4 is 21.3 Å². The van der Waals surface area contributed by atoms with E-state index in [9.17, 15) is 9.59 Å². The van der Waals surface area contributed by atoms with Crippen molar-refractivity contribution in [3.05, 3.63) is 72.6 Å². The van der Waals surface area contributed by atoms with Crippen LogP contribution in [0.5, 0.6) is 0 Å². The molecule has 1 fully saturated rings. The van der Waals surface area contributed by atoms with Crippen LogP contribution in [0.15, 0.2) is 67.0 Å². The molecule has 7 heteroatoms. The summed E-state index contributed by atoms with van der Waals surface area (Å²) in [6, 6.07) is 17.0. The molecular weight excluding hydrogens is 390 g/mol. The molecule has 4 rings (SSSR count). The Morgan fingerprint density at radius 3 is 2.48 bits per heavy atom. The number of aromatic nitrogens is 1. The summed E-state index contributed by atoms with van der Waals surface area (Å²) in [6.07, 6.45) is 4.36. The highest BCUT2D eigenvalue weighted by molar-refractivity contribution is 6.06. The quantitative estimate of drug-likeness (QED) is 0.555. The molecule has 0 aliphatic carbocycles. The van der Waals surface area contributed by atoms with E-state index in [1.165, 1.54) is 6.92 Å². The molecule has 2 heterocycles. The van der Waals surface area contributed by atoms with Gasteiger partial charge in [0.05, 0.1) is 11.4 Å². The maximum absolute atomic E-state index is 12.8. The van der Waals surface area contributed by atoms with Gasteiger partial charge >= 0.3 is 0 Å². The van der Waals surface area contributed by atoms with Gasteiger partial charge in [-0.3, -0.25) is 14.6 Å². The van der Waals surface area contributed by atoms with Gasteiger partial charge in [-0.2, -0.15) is 0 Å². The second-order valence-electron chi connectivity index (χ2n) is 7.67. The Bertz CT molecular complexity index is 1080. The number of nitrogen functional groups attached to an aromatic ring is 1. The fraction of sp³-hybridized carbons (Fsp3) is 0.208. The van der Waals surface area contributed by atoms with Crippen molar-refractivity contribution in [1.82, 2.24) is 10.3 Å². The molecule has 1 atom stereocenters. The van der Waals surface area contributed by atoms with Crippen LogP contribution in [0.25, 0.3) is 11.1 Å². The lowest BCUT2D eigenvalue weighted by Gasteiger charge is -2.19. The van der Waals surface area contributed by atoms with Crippen molar-refractivity contribution in [1.29, 1.82) is 0 Å². The number of carbonyl (C=O) groups is 2. The largest absolute Gasteiger partial charge is 0.397 e. The molecular formula is C24H25N5O2. The Hall–Kier alpha value is -3.87. The Labute approximate surface area is 181 Å². The number of anilines is 3. The normalized spacial score (nSPS) is 15.5. The van der Waals surface area contributed by atoms with Crippen LogP contribution in [-0.2, 0) is 4.79 Å². The highest BCUT2D eigenvalue weighted by Crippen LogP contribution is 2.28. The molecule has 1 aromatic heterocycles. The van der Waals surface area contributed by atoms with Crippen LogP contribution >= 0.6 is 0 Å². The molecule has 1 unspecified atom stereocenters. The van der Waals surface area contributed by atoms with Gasteiger partial charge in [0.15, 0.2) is 0 Å². The van der Waals surface area contributed by atoms with Gasteiger partial charge in [0, 0.05) is 49.7 Å². The van der Waals surface area contributed by atoms with Crippen molar-refractivity contribution in [3.63, 3.8) is 0 Å². The predicted octanol–water partition coefficient (Wildman–Crippen LogP) is 3.30. The molecule has 31 heavy (non-hydrogen) atoms. The Morgan fingerprint density at radius 2 is 1.77 bits per heavy atom. The zero-order valence-corrected chi connectivity index (χ0v) is 17.3. The second-order valence-corrected chi connectivity index (χ2v) is 7.67. The minimum atomic E-state index is -0.220. The van der Waals surface area contributed by atoms with Crippen LogP contribution in [0.4, 0.5) is 17.1 Å². The number of nitrogens with two attached hydrogens (primary N) is 1. The average molecular weight is 415 g/mol. The Morgan fingerprint density at radius 1 is 1.03 bits per heavy atom. The van der Waals surface area contributed by atoms with Gasteiger partial charge in [-0.25, -0.2) is 0 Å². The van der Waals surface area contributed by atoms with Gasteiger partial charge in [0.25, 0.3) is 5.91 Å². The number of amides is 2. The van der Waals surface area contributed by atoms with Crippen LogP contribution in [0.1, 0.15) is 23.7 Å². The van der Waals surface area contributed by atoms with Crippen molar-refractivity contribution in [3.8, 4) is 11.1 Å². The van der Waals surface area contributed by atoms with Crippen molar-refractivity contribution >= 4 is 28.9 Å². The van der Waals surface area contributed by atoms with E-state index in [1.807, 2.05) is 36.4 Å². The van der Waals surface area contributed by atoms with Gasteiger partial charge in [-0.15, -0.1) is 0 Å². The van der Waals surface area contributed by atoms with Crippen LogP contribution in [0.3, 0.4) is 0 Å². The molecule has 0 spiro atoms. The molecule has 7 nitrogen and oxygen atoms in total. The number of carbonyl (C=O) groups excluding carboxylic acids is 2. The molecule has 4 N–H and O–H groups in total. The van der Waals surface area contributed by atoms with E-state index in [2.05, 4.69) is 20.5 Å². The van der Waals surface area contributed by atoms with Crippen molar-refractivity contribution in [2.24, 2.45) is 0 Å². The molecule has 3 aromatic rings. The summed E-state index contributed by atoms with van der Waals surface area (Å²) in [5.41, 5.74) is 10.7. The monoisotopic (exact) mass is 415 g/mol. The van der Waals surface area contributed by atoms with Gasteiger partial charge < -0.3 is 21.3 Å². The zero-order chi connectivity index (χ0) is 21.8. The summed E-state index contributed by atoms with van der Waals surface area (Å²) in [6.45, 7) is 3.17. The van der Waals surface area contributed by atoms with Crippen LogP contribution in [0.2, 0.25) is 0 Å². The maximum Gasteiger partial charge on any atom is 0.255 e. The Balaban J connectivity index is 1.44. The first-order valence-corrected chi connectivity index (χ1v) is 10.2. The van der Waals surface area contributed by atoms with Gasteiger partial charge in [0.1, 0.15) is 0 Å². The van der Waals surface area contributed by atoms with E-state index in [-0.39, 0.29) is 17.9 Å². The van der Waals surface area contributed by atoms with Crippen molar-refractivity contribution in [2.75, 3.05) is 29.0 Å². The number of nitrogens with one attached hydrogen (secondary N) is 2. The number of benzene rings is 2. The van der Waals surface area contributed by atoms with Crippen LogP contribution in [0, 0.1) is 0 Å². The molecule has 1 saturated heterocycles. The highest BCUT2D eigenvalue weighted by atomic mass is 16.2. The van der Waals surface area contributed by atoms with Gasteiger partial charge in [0.2, 0.25) is 5.91 Å². The van der Waals surface area contributed by atoms with Gasteiger partial charge in [-0.05, 0) is 66.1 Å². The summed E-state index contributed by atoms with van der Waals surface area (Å²) in [5.74, 6) is -0.228. The third-order valence-corrected chi connectivity index (χ3v) is 5.41. The van der Waals surface area contributed by atoms with Crippen LogP contribution in [-0.4, -0.2) is 35.9 Å². The molecule has 1 aliphatic heterocycles. The van der Waals surface area contributed by atoms with E-state index in [4.69, 9.17) is 5.73 Å². The first-order chi connectivity index (χ1) is 15.0. The fourth-order valence-corrected chi connectivity index (χ4v) is 3.81. The molecule has 2 amide bonds. The summed E-state index contributed by atoms with van der Waals surface area (Å²) >= 11 is 0. The third kappa shape index (κ3) is 4.83. The maximum atomic E-state index is 12.8. The lowest BCUT2D eigenvalue weighted by Crippen LogP contribution is -2.35.